The number of fused-ring (bicyclic) bond motifs is 2. The van der Waals surface area contributed by atoms with E-state index in [0.29, 0.717) is 0 Å². The Bertz CT molecular complexity index is 1570. The van der Waals surface area contributed by atoms with Gasteiger partial charge in [-0.2, -0.15) is 0 Å². The predicted octanol–water partition coefficient (Wildman–Crippen LogP) is -6.01. The molecule has 0 aliphatic heterocycles. The molecule has 4 aromatic rings. The van der Waals surface area contributed by atoms with Crippen molar-refractivity contribution in [3.8, 4) is 0 Å². The Morgan fingerprint density at radius 1 is 0.686 bits per heavy atom. The van der Waals surface area contributed by atoms with Crippen LogP contribution in [0.25, 0.3) is 22.3 Å². The van der Waals surface area contributed by atoms with Crippen molar-refractivity contribution in [2.75, 3.05) is 0 Å². The molecule has 0 saturated carbocycles. The van der Waals surface area contributed by atoms with E-state index in [-0.39, 0.29) is 60.1 Å². The zero-order chi connectivity index (χ0) is 25.5. The van der Waals surface area contributed by atoms with E-state index < -0.39 is 47.5 Å². The number of carboxylic acid groups (broad SMARTS) is 2. The van der Waals surface area contributed by atoms with E-state index in [2.05, 4.69) is 9.97 Å². The van der Waals surface area contributed by atoms with Gasteiger partial charge in [0.25, 0.3) is 11.1 Å². The van der Waals surface area contributed by atoms with Crippen LogP contribution in [0.5, 0.6) is 0 Å². The molecule has 0 aromatic carbocycles. The van der Waals surface area contributed by atoms with Crippen LogP contribution >= 0.6 is 0 Å². The molecule has 0 aliphatic carbocycles. The summed E-state index contributed by atoms with van der Waals surface area (Å²) in [4.78, 5) is 75.6. The predicted molar refractivity (Wildman–Crippen MR) is 116 cm³/mol. The Hall–Kier alpha value is -3.50. The summed E-state index contributed by atoms with van der Waals surface area (Å²) in [5, 5.41) is 21.0. The maximum Gasteiger partial charge on any atom is 2.00 e. The van der Waals surface area contributed by atoms with Crippen LogP contribution in [0, 0.1) is 0 Å². The van der Waals surface area contributed by atoms with Crippen molar-refractivity contribution in [2.24, 2.45) is 28.2 Å². The Kier molecular flexibility index (Phi) is 8.25. The molecule has 0 atom stereocenters. The Labute approximate surface area is 223 Å². The number of carbonyl (C=O) groups is 2. The number of hydrogen-bond donors (Lipinski definition) is 0. The fourth-order valence-electron chi connectivity index (χ4n) is 3.31. The van der Waals surface area contributed by atoms with E-state index in [4.69, 9.17) is 0 Å². The summed E-state index contributed by atoms with van der Waals surface area (Å²) in [6.07, 6.45) is 2.39. The number of rotatable bonds is 4. The quantitative estimate of drug-likeness (QED) is 0.236. The van der Waals surface area contributed by atoms with Crippen LogP contribution in [0.15, 0.2) is 31.8 Å². The standard InChI is InChI=1S/2C9H10N4O4.Ca/c2*1-11-7-6(8(16)12(2)9(11)17)13(4-10-7)3-5(14)15;/h2*4H,3H2,1-2H3,(H,14,15);/q;;+2/p-2. The minimum absolute atomic E-state index is 0. The van der Waals surface area contributed by atoms with Crippen molar-refractivity contribution in [3.05, 3.63) is 54.3 Å². The summed E-state index contributed by atoms with van der Waals surface area (Å²) in [5.41, 5.74) is -1.75. The number of carboxylic acids is 2. The largest absolute Gasteiger partial charge is 2.00 e. The van der Waals surface area contributed by atoms with Crippen molar-refractivity contribution >= 4 is 72.0 Å². The van der Waals surface area contributed by atoms with Gasteiger partial charge in [-0.15, -0.1) is 0 Å². The van der Waals surface area contributed by atoms with Gasteiger partial charge in [-0.3, -0.25) is 27.9 Å². The Morgan fingerprint density at radius 2 is 1.00 bits per heavy atom. The number of hydrogen-bond acceptors (Lipinski definition) is 10. The van der Waals surface area contributed by atoms with Crippen molar-refractivity contribution < 1.29 is 19.8 Å². The molecule has 0 spiro atoms. The Morgan fingerprint density at radius 3 is 1.29 bits per heavy atom. The van der Waals surface area contributed by atoms with Crippen LogP contribution in [0.2, 0.25) is 0 Å². The van der Waals surface area contributed by atoms with Crippen molar-refractivity contribution in [1.82, 2.24) is 37.4 Å². The third-order valence-electron chi connectivity index (χ3n) is 5.03. The van der Waals surface area contributed by atoms with Gasteiger partial charge in [0.05, 0.1) is 37.7 Å². The minimum Gasteiger partial charge on any atom is -0.548 e. The molecule has 35 heavy (non-hydrogen) atoms. The number of aliphatic carboxylic acids is 2. The zero-order valence-corrected chi connectivity index (χ0v) is 21.3. The molecule has 0 fully saturated rings. The normalized spacial score (nSPS) is 10.6. The summed E-state index contributed by atoms with van der Waals surface area (Å²) < 4.78 is 6.45. The van der Waals surface area contributed by atoms with E-state index in [1.807, 2.05) is 0 Å². The number of aryl methyl sites for hydroxylation is 2. The maximum absolute atomic E-state index is 11.8. The first kappa shape index (κ1) is 27.7. The smallest absolute Gasteiger partial charge is 0.548 e. The molecule has 0 saturated heterocycles. The molecule has 4 aromatic heterocycles. The molecule has 0 bridgehead atoms. The molecule has 16 nitrogen and oxygen atoms in total. The van der Waals surface area contributed by atoms with E-state index in [1.165, 1.54) is 50.0 Å². The maximum atomic E-state index is 11.8. The average Bonchev–Trinajstić information content (AvgIpc) is 3.37. The van der Waals surface area contributed by atoms with Crippen LogP contribution in [0.4, 0.5) is 0 Å². The van der Waals surface area contributed by atoms with E-state index in [0.717, 1.165) is 18.3 Å². The van der Waals surface area contributed by atoms with Crippen LogP contribution in [0.1, 0.15) is 0 Å². The van der Waals surface area contributed by atoms with Crippen LogP contribution in [-0.4, -0.2) is 87.0 Å². The molecule has 180 valence electrons. The first-order valence-corrected chi connectivity index (χ1v) is 9.48. The summed E-state index contributed by atoms with van der Waals surface area (Å²) in [5.74, 6) is -2.67. The molecule has 0 aliphatic rings. The second kappa shape index (κ2) is 10.4. The average molecular weight is 514 g/mol. The fraction of sp³-hybridized carbons (Fsp3) is 0.333. The van der Waals surface area contributed by atoms with Gasteiger partial charge in [-0.1, -0.05) is 0 Å². The van der Waals surface area contributed by atoms with Crippen molar-refractivity contribution in [3.63, 3.8) is 0 Å². The van der Waals surface area contributed by atoms with E-state index >= 15 is 0 Å². The van der Waals surface area contributed by atoms with Gasteiger partial charge in [0.1, 0.15) is 0 Å². The second-order valence-corrected chi connectivity index (χ2v) is 7.24. The van der Waals surface area contributed by atoms with Crippen molar-refractivity contribution in [2.45, 2.75) is 13.1 Å². The molecule has 4 heterocycles. The van der Waals surface area contributed by atoms with E-state index in [9.17, 15) is 39.0 Å². The van der Waals surface area contributed by atoms with Gasteiger partial charge in [-0.05, 0) is 0 Å². The summed E-state index contributed by atoms with van der Waals surface area (Å²) in [6.45, 7) is -0.964. The van der Waals surface area contributed by atoms with Gasteiger partial charge in [0, 0.05) is 28.2 Å². The summed E-state index contributed by atoms with van der Waals surface area (Å²) in [7, 11) is 5.56. The molecule has 0 amide bonds. The summed E-state index contributed by atoms with van der Waals surface area (Å²) in [6, 6.07) is 0. The fourth-order valence-corrected chi connectivity index (χ4v) is 3.31. The molecule has 0 radical (unpaired) electrons. The van der Waals surface area contributed by atoms with Gasteiger partial charge in [0.15, 0.2) is 22.3 Å². The zero-order valence-electron chi connectivity index (χ0n) is 19.1. The monoisotopic (exact) mass is 514 g/mol. The third kappa shape index (κ3) is 4.98. The van der Waals surface area contributed by atoms with Crippen LogP contribution < -0.4 is 32.7 Å². The number of imidazole rings is 2. The molecule has 0 N–H and O–H groups in total. The number of nitrogens with zero attached hydrogens (tertiary/aromatic N) is 8. The van der Waals surface area contributed by atoms with Crippen LogP contribution in [-0.2, 0) is 50.9 Å². The topological polar surface area (TPSA) is 204 Å². The van der Waals surface area contributed by atoms with E-state index in [1.54, 1.807) is 0 Å². The first-order chi connectivity index (χ1) is 15.9. The molecule has 17 heteroatoms. The SMILES string of the molecule is Cn1c(=O)c2c(ncn2CC(=O)[O-])n(C)c1=O.Cn1c(=O)c2c(ncn2CC(=O)[O-])n(C)c1=O.[Ca+2]. The first-order valence-electron chi connectivity index (χ1n) is 9.48. The summed E-state index contributed by atoms with van der Waals surface area (Å²) >= 11 is 0. The van der Waals surface area contributed by atoms with Crippen molar-refractivity contribution in [1.29, 1.82) is 0 Å². The van der Waals surface area contributed by atoms with Gasteiger partial charge in [-0.25, -0.2) is 19.6 Å². The molecule has 4 rings (SSSR count). The number of aromatic nitrogens is 8. The molecule has 0 unspecified atom stereocenters. The number of carbonyl (C=O) groups excluding carboxylic acids is 2. The minimum atomic E-state index is -1.33. The molecular formula is C18H18CaN8O8. The molecular weight excluding hydrogens is 496 g/mol. The van der Waals surface area contributed by atoms with Gasteiger partial charge < -0.3 is 28.9 Å². The van der Waals surface area contributed by atoms with Crippen LogP contribution in [0.3, 0.4) is 0 Å². The Balaban J connectivity index is 0.000000240. The third-order valence-corrected chi connectivity index (χ3v) is 5.03. The van der Waals surface area contributed by atoms with Gasteiger partial charge >= 0.3 is 49.1 Å². The second-order valence-electron chi connectivity index (χ2n) is 7.24. The van der Waals surface area contributed by atoms with Gasteiger partial charge in [0.2, 0.25) is 0 Å².